The molecule has 1 atom stereocenters. The number of thiophene rings is 1. The Morgan fingerprint density at radius 2 is 2.16 bits per heavy atom. The van der Waals surface area contributed by atoms with Crippen molar-refractivity contribution in [3.05, 3.63) is 41.9 Å². The molecule has 1 aromatic carbocycles. The van der Waals surface area contributed by atoms with Crippen LogP contribution in [0.2, 0.25) is 0 Å². The van der Waals surface area contributed by atoms with Crippen LogP contribution in [0.1, 0.15) is 36.9 Å². The van der Waals surface area contributed by atoms with Gasteiger partial charge in [-0.25, -0.2) is 9.50 Å². The van der Waals surface area contributed by atoms with Gasteiger partial charge >= 0.3 is 0 Å². The first-order valence-corrected chi connectivity index (χ1v) is 11.3. The lowest BCUT2D eigenvalue weighted by Gasteiger charge is -2.15. The second kappa shape index (κ2) is 7.53. The van der Waals surface area contributed by atoms with Crippen molar-refractivity contribution >= 4 is 38.7 Å². The van der Waals surface area contributed by atoms with E-state index in [1.54, 1.807) is 18.4 Å². The number of amides is 1. The van der Waals surface area contributed by atoms with Gasteiger partial charge in [0.1, 0.15) is 17.6 Å². The van der Waals surface area contributed by atoms with E-state index in [4.69, 9.17) is 10.5 Å². The van der Waals surface area contributed by atoms with Crippen molar-refractivity contribution in [3.8, 4) is 16.2 Å². The summed E-state index contributed by atoms with van der Waals surface area (Å²) in [4.78, 5) is 19.5. The van der Waals surface area contributed by atoms with E-state index in [0.29, 0.717) is 18.8 Å². The Morgan fingerprint density at radius 1 is 1.32 bits per heavy atom. The van der Waals surface area contributed by atoms with Crippen molar-refractivity contribution in [2.75, 3.05) is 25.9 Å². The van der Waals surface area contributed by atoms with Crippen LogP contribution in [0.25, 0.3) is 26.0 Å². The van der Waals surface area contributed by atoms with E-state index >= 15 is 0 Å². The highest BCUT2D eigenvalue weighted by molar-refractivity contribution is 7.22. The van der Waals surface area contributed by atoms with Crippen LogP contribution >= 0.6 is 11.3 Å². The van der Waals surface area contributed by atoms with Crippen LogP contribution in [0.3, 0.4) is 0 Å². The minimum Gasteiger partial charge on any atom is -0.495 e. The molecule has 31 heavy (non-hydrogen) atoms. The first-order chi connectivity index (χ1) is 15.0. The maximum Gasteiger partial charge on any atom is 0.222 e. The van der Waals surface area contributed by atoms with E-state index < -0.39 is 0 Å². The van der Waals surface area contributed by atoms with Crippen LogP contribution in [0.4, 0.5) is 5.82 Å². The second-order valence-corrected chi connectivity index (χ2v) is 9.12. The van der Waals surface area contributed by atoms with E-state index in [9.17, 15) is 4.79 Å². The molecular weight excluding hydrogens is 410 g/mol. The van der Waals surface area contributed by atoms with Crippen molar-refractivity contribution in [1.82, 2.24) is 19.5 Å². The molecule has 0 bridgehead atoms. The normalized spacial score (nSPS) is 16.5. The zero-order valence-corrected chi connectivity index (χ0v) is 18.7. The van der Waals surface area contributed by atoms with Gasteiger partial charge in [0, 0.05) is 41.6 Å². The maximum atomic E-state index is 12.2. The number of nitrogens with zero attached hydrogens (tertiary/aromatic N) is 4. The molecule has 0 unspecified atom stereocenters. The average molecular weight is 436 g/mol. The number of methoxy groups -OCH3 is 1. The monoisotopic (exact) mass is 435 g/mol. The molecule has 0 saturated carbocycles. The minimum atomic E-state index is 0.199. The number of benzene rings is 1. The number of fused-ring (bicyclic) bond motifs is 2. The van der Waals surface area contributed by atoms with Crippen LogP contribution in [0, 0.1) is 6.92 Å². The topological polar surface area (TPSA) is 85.8 Å². The molecule has 1 aliphatic rings. The van der Waals surface area contributed by atoms with Gasteiger partial charge in [-0.3, -0.25) is 4.79 Å². The number of likely N-dealkylation sites (tertiary alicyclic amines) is 1. The molecule has 8 heteroatoms. The number of carbonyl (C=O) groups is 1. The molecule has 3 aromatic heterocycles. The smallest absolute Gasteiger partial charge is 0.222 e. The number of aromatic nitrogens is 3. The predicted molar refractivity (Wildman–Crippen MR) is 124 cm³/mol. The fourth-order valence-corrected chi connectivity index (χ4v) is 5.72. The standard InChI is InChI=1S/C23H25N5O2S/c1-4-20(29)27-6-5-14(11-27)17-10-16(21-23(24)25-12-26-28(17)21)19-9-15-7-13(2)8-18(30-3)22(15)31-19/h7-10,12,14H,4-6,11H2,1-3H3,(H2,24,25,26)/t14-/m1/s1. The summed E-state index contributed by atoms with van der Waals surface area (Å²) in [5.41, 5.74) is 10.4. The summed E-state index contributed by atoms with van der Waals surface area (Å²) in [7, 11) is 1.70. The lowest BCUT2D eigenvalue weighted by atomic mass is 10.0. The van der Waals surface area contributed by atoms with Crippen LogP contribution in [0.5, 0.6) is 5.75 Å². The highest BCUT2D eigenvalue weighted by Crippen LogP contribution is 2.43. The van der Waals surface area contributed by atoms with Gasteiger partial charge in [0.25, 0.3) is 0 Å². The Bertz CT molecular complexity index is 1310. The lowest BCUT2D eigenvalue weighted by molar-refractivity contribution is -0.129. The van der Waals surface area contributed by atoms with Crippen LogP contribution in [-0.4, -0.2) is 45.6 Å². The third-order valence-electron chi connectivity index (χ3n) is 6.08. The maximum absolute atomic E-state index is 12.2. The molecule has 4 aromatic rings. The van der Waals surface area contributed by atoms with Crippen molar-refractivity contribution < 1.29 is 9.53 Å². The van der Waals surface area contributed by atoms with Gasteiger partial charge in [-0.15, -0.1) is 11.3 Å². The summed E-state index contributed by atoms with van der Waals surface area (Å²) in [5.74, 6) is 1.75. The zero-order chi connectivity index (χ0) is 21.7. The van der Waals surface area contributed by atoms with Crippen LogP contribution in [0.15, 0.2) is 30.6 Å². The Labute approximate surface area is 184 Å². The Hall–Kier alpha value is -3.13. The summed E-state index contributed by atoms with van der Waals surface area (Å²) >= 11 is 1.68. The fraction of sp³-hybridized carbons (Fsp3) is 0.348. The molecule has 160 valence electrons. The average Bonchev–Trinajstić information content (AvgIpc) is 3.48. The van der Waals surface area contributed by atoms with Crippen molar-refractivity contribution in [2.45, 2.75) is 32.6 Å². The second-order valence-electron chi connectivity index (χ2n) is 8.06. The molecule has 5 rings (SSSR count). The number of ether oxygens (including phenoxy) is 1. The number of nitrogen functional groups attached to an aromatic ring is 1. The summed E-state index contributed by atoms with van der Waals surface area (Å²) in [6.45, 7) is 5.47. The van der Waals surface area contributed by atoms with E-state index in [1.165, 1.54) is 6.33 Å². The molecule has 4 heterocycles. The lowest BCUT2D eigenvalue weighted by Crippen LogP contribution is -2.27. The number of anilines is 1. The van der Waals surface area contributed by atoms with Gasteiger partial charge in [-0.1, -0.05) is 13.0 Å². The molecule has 0 radical (unpaired) electrons. The number of aryl methyl sites for hydroxylation is 1. The van der Waals surface area contributed by atoms with Crippen LogP contribution < -0.4 is 10.5 Å². The largest absolute Gasteiger partial charge is 0.495 e. The summed E-state index contributed by atoms with van der Waals surface area (Å²) in [6, 6.07) is 8.58. The molecule has 2 N–H and O–H groups in total. The molecular formula is C23H25N5O2S. The highest BCUT2D eigenvalue weighted by Gasteiger charge is 2.30. The van der Waals surface area contributed by atoms with E-state index in [0.717, 1.165) is 56.0 Å². The molecule has 1 saturated heterocycles. The van der Waals surface area contributed by atoms with Gasteiger partial charge in [-0.2, -0.15) is 5.10 Å². The SMILES string of the molecule is CCC(=O)N1CC[C@@H](c2cc(-c3cc4cc(C)cc(OC)c4s3)c3c(N)ncnn23)C1. The molecule has 1 aliphatic heterocycles. The number of nitrogens with two attached hydrogens (primary N) is 1. The van der Waals surface area contributed by atoms with Crippen LogP contribution in [-0.2, 0) is 4.79 Å². The Kier molecular flexibility index (Phi) is 4.81. The molecule has 0 spiro atoms. The summed E-state index contributed by atoms with van der Waals surface area (Å²) in [6.07, 6.45) is 2.95. The van der Waals surface area contributed by atoms with E-state index in [2.05, 4.69) is 41.3 Å². The third-order valence-corrected chi connectivity index (χ3v) is 7.28. The molecule has 7 nitrogen and oxygen atoms in total. The van der Waals surface area contributed by atoms with E-state index in [1.807, 2.05) is 16.3 Å². The van der Waals surface area contributed by atoms with Gasteiger partial charge in [0.2, 0.25) is 5.91 Å². The van der Waals surface area contributed by atoms with Crippen molar-refractivity contribution in [3.63, 3.8) is 0 Å². The summed E-state index contributed by atoms with van der Waals surface area (Å²) < 4.78 is 8.64. The van der Waals surface area contributed by atoms with E-state index in [-0.39, 0.29) is 11.8 Å². The third kappa shape index (κ3) is 3.22. The quantitative estimate of drug-likeness (QED) is 0.518. The highest BCUT2D eigenvalue weighted by atomic mass is 32.1. The molecule has 1 amide bonds. The Balaban J connectivity index is 1.65. The Morgan fingerprint density at radius 3 is 2.94 bits per heavy atom. The van der Waals surface area contributed by atoms with Crippen molar-refractivity contribution in [2.24, 2.45) is 0 Å². The molecule has 0 aliphatic carbocycles. The van der Waals surface area contributed by atoms with Gasteiger partial charge in [0.15, 0.2) is 5.82 Å². The van der Waals surface area contributed by atoms with Gasteiger partial charge in [0.05, 0.1) is 11.8 Å². The molecule has 1 fully saturated rings. The first-order valence-electron chi connectivity index (χ1n) is 10.5. The first kappa shape index (κ1) is 19.8. The van der Waals surface area contributed by atoms with Gasteiger partial charge in [-0.05, 0) is 42.5 Å². The minimum absolute atomic E-state index is 0.199. The number of hydrogen-bond acceptors (Lipinski definition) is 6. The number of rotatable bonds is 4. The van der Waals surface area contributed by atoms with Crippen molar-refractivity contribution in [1.29, 1.82) is 0 Å². The fourth-order valence-electron chi connectivity index (χ4n) is 4.57. The number of carbonyl (C=O) groups excluding carboxylic acids is 1. The number of hydrogen-bond donors (Lipinski definition) is 1. The predicted octanol–water partition coefficient (Wildman–Crippen LogP) is 4.24. The summed E-state index contributed by atoms with van der Waals surface area (Å²) in [5, 5.41) is 5.67. The van der Waals surface area contributed by atoms with Gasteiger partial charge < -0.3 is 15.4 Å². The zero-order valence-electron chi connectivity index (χ0n) is 17.9.